The standard InChI is InChI=1S/C20H27N/c1-14-13-19(16(3)15(14)2)18-10-8-7-9-17(18)11-12-21-20(4,5)6/h7-10,12H,11,13H2,1-6H3. The normalized spacial score (nSPS) is 16.5. The molecule has 0 unspecified atom stereocenters. The van der Waals surface area contributed by atoms with E-state index in [0.717, 1.165) is 12.8 Å². The highest BCUT2D eigenvalue weighted by Gasteiger charge is 2.18. The summed E-state index contributed by atoms with van der Waals surface area (Å²) in [6.45, 7) is 13.1. The van der Waals surface area contributed by atoms with E-state index in [1.54, 1.807) is 0 Å². The van der Waals surface area contributed by atoms with Crippen molar-refractivity contribution in [1.82, 2.24) is 0 Å². The van der Waals surface area contributed by atoms with Crippen LogP contribution in [0.2, 0.25) is 0 Å². The third kappa shape index (κ3) is 3.72. The van der Waals surface area contributed by atoms with Crippen LogP contribution in [-0.4, -0.2) is 11.8 Å². The first kappa shape index (κ1) is 15.8. The van der Waals surface area contributed by atoms with Crippen molar-refractivity contribution in [2.45, 2.75) is 59.9 Å². The third-order valence-electron chi connectivity index (χ3n) is 4.23. The van der Waals surface area contributed by atoms with E-state index in [2.05, 4.69) is 77.0 Å². The van der Waals surface area contributed by atoms with E-state index in [0.29, 0.717) is 0 Å². The van der Waals surface area contributed by atoms with Crippen LogP contribution in [0.1, 0.15) is 59.1 Å². The van der Waals surface area contributed by atoms with E-state index < -0.39 is 0 Å². The molecule has 0 radical (unpaired) electrons. The molecule has 1 aromatic rings. The van der Waals surface area contributed by atoms with Crippen molar-refractivity contribution in [2.24, 2.45) is 4.99 Å². The van der Waals surface area contributed by atoms with Gasteiger partial charge in [-0.2, -0.15) is 0 Å². The van der Waals surface area contributed by atoms with Gasteiger partial charge in [0.15, 0.2) is 0 Å². The highest BCUT2D eigenvalue weighted by atomic mass is 14.8. The monoisotopic (exact) mass is 281 g/mol. The van der Waals surface area contributed by atoms with Gasteiger partial charge in [-0.3, -0.25) is 4.99 Å². The fourth-order valence-corrected chi connectivity index (χ4v) is 2.78. The average Bonchev–Trinajstić information content (AvgIpc) is 2.66. The molecule has 1 aliphatic rings. The van der Waals surface area contributed by atoms with Crippen LogP contribution in [-0.2, 0) is 6.42 Å². The molecule has 1 aromatic carbocycles. The zero-order valence-corrected chi connectivity index (χ0v) is 14.2. The van der Waals surface area contributed by atoms with Crippen LogP contribution in [0.15, 0.2) is 46.0 Å². The number of aliphatic imine (C=N–C) groups is 1. The second-order valence-electron chi connectivity index (χ2n) is 7.03. The van der Waals surface area contributed by atoms with Crippen molar-refractivity contribution >= 4 is 11.8 Å². The molecule has 0 spiro atoms. The smallest absolute Gasteiger partial charge is 0.0520 e. The van der Waals surface area contributed by atoms with Gasteiger partial charge in [0.25, 0.3) is 0 Å². The van der Waals surface area contributed by atoms with E-state index in [1.165, 1.54) is 33.4 Å². The van der Waals surface area contributed by atoms with Gasteiger partial charge in [-0.15, -0.1) is 0 Å². The molecule has 2 rings (SSSR count). The van der Waals surface area contributed by atoms with Gasteiger partial charge in [0.1, 0.15) is 0 Å². The van der Waals surface area contributed by atoms with Gasteiger partial charge in [-0.05, 0) is 75.8 Å². The summed E-state index contributed by atoms with van der Waals surface area (Å²) in [4.78, 5) is 4.62. The summed E-state index contributed by atoms with van der Waals surface area (Å²) >= 11 is 0. The Bertz CT molecular complexity index is 621. The highest BCUT2D eigenvalue weighted by molar-refractivity contribution is 5.80. The summed E-state index contributed by atoms with van der Waals surface area (Å²) in [6, 6.07) is 8.75. The molecule has 1 aliphatic carbocycles. The molecule has 0 aliphatic heterocycles. The fraction of sp³-hybridized carbons (Fsp3) is 0.450. The number of benzene rings is 1. The van der Waals surface area contributed by atoms with Gasteiger partial charge in [-0.1, -0.05) is 29.8 Å². The van der Waals surface area contributed by atoms with Gasteiger partial charge in [0.2, 0.25) is 0 Å². The maximum atomic E-state index is 4.62. The van der Waals surface area contributed by atoms with Crippen molar-refractivity contribution in [1.29, 1.82) is 0 Å². The van der Waals surface area contributed by atoms with Crippen LogP contribution >= 0.6 is 0 Å². The van der Waals surface area contributed by atoms with E-state index >= 15 is 0 Å². The number of rotatable bonds is 3. The van der Waals surface area contributed by atoms with E-state index in [9.17, 15) is 0 Å². The fourth-order valence-electron chi connectivity index (χ4n) is 2.78. The van der Waals surface area contributed by atoms with Gasteiger partial charge in [0.05, 0.1) is 5.54 Å². The number of allylic oxidation sites excluding steroid dienone is 4. The lowest BCUT2D eigenvalue weighted by atomic mass is 9.94. The Morgan fingerprint density at radius 2 is 1.71 bits per heavy atom. The van der Waals surface area contributed by atoms with Gasteiger partial charge < -0.3 is 0 Å². The predicted octanol–water partition coefficient (Wildman–Crippen LogP) is 5.61. The second kappa shape index (κ2) is 6.01. The topological polar surface area (TPSA) is 12.4 Å². The number of hydrogen-bond donors (Lipinski definition) is 0. The first-order chi connectivity index (χ1) is 9.79. The van der Waals surface area contributed by atoms with Gasteiger partial charge in [-0.25, -0.2) is 0 Å². The number of hydrogen-bond acceptors (Lipinski definition) is 1. The lowest BCUT2D eigenvalue weighted by molar-refractivity contribution is 0.585. The van der Waals surface area contributed by atoms with Gasteiger partial charge >= 0.3 is 0 Å². The minimum Gasteiger partial charge on any atom is -0.291 e. The summed E-state index contributed by atoms with van der Waals surface area (Å²) in [5.74, 6) is 0. The second-order valence-corrected chi connectivity index (χ2v) is 7.03. The van der Waals surface area contributed by atoms with Crippen molar-refractivity contribution in [3.63, 3.8) is 0 Å². The van der Waals surface area contributed by atoms with Gasteiger partial charge in [0, 0.05) is 12.6 Å². The van der Waals surface area contributed by atoms with Crippen LogP contribution < -0.4 is 0 Å². The molecule has 112 valence electrons. The molecule has 0 saturated heterocycles. The average molecular weight is 281 g/mol. The lowest BCUT2D eigenvalue weighted by Gasteiger charge is -2.13. The summed E-state index contributed by atoms with van der Waals surface area (Å²) in [6.07, 6.45) is 4.06. The van der Waals surface area contributed by atoms with Crippen LogP contribution in [0.25, 0.3) is 5.57 Å². The molecule has 1 nitrogen and oxygen atoms in total. The molecule has 0 aromatic heterocycles. The molecule has 0 N–H and O–H groups in total. The van der Waals surface area contributed by atoms with Crippen LogP contribution in [0, 0.1) is 0 Å². The lowest BCUT2D eigenvalue weighted by Crippen LogP contribution is -2.10. The molecular weight excluding hydrogens is 254 g/mol. The maximum Gasteiger partial charge on any atom is 0.0520 e. The summed E-state index contributed by atoms with van der Waals surface area (Å²) in [5, 5.41) is 0. The van der Waals surface area contributed by atoms with Crippen LogP contribution in [0.5, 0.6) is 0 Å². The predicted molar refractivity (Wildman–Crippen MR) is 94.0 cm³/mol. The quantitative estimate of drug-likeness (QED) is 0.638. The summed E-state index contributed by atoms with van der Waals surface area (Å²) in [7, 11) is 0. The first-order valence-corrected chi connectivity index (χ1v) is 7.78. The zero-order chi connectivity index (χ0) is 15.6. The Hall–Kier alpha value is -1.63. The van der Waals surface area contributed by atoms with Crippen molar-refractivity contribution in [2.75, 3.05) is 0 Å². The van der Waals surface area contributed by atoms with E-state index in [1.807, 2.05) is 0 Å². The molecule has 0 heterocycles. The van der Waals surface area contributed by atoms with Crippen LogP contribution in [0.4, 0.5) is 0 Å². The van der Waals surface area contributed by atoms with Crippen molar-refractivity contribution in [3.05, 3.63) is 52.1 Å². The molecular formula is C20H27N. The number of nitrogens with zero attached hydrogens (tertiary/aromatic N) is 1. The molecule has 0 bridgehead atoms. The summed E-state index contributed by atoms with van der Waals surface area (Å²) in [5.41, 5.74) is 8.68. The molecule has 0 atom stereocenters. The third-order valence-corrected chi connectivity index (χ3v) is 4.23. The molecule has 0 fully saturated rings. The molecule has 0 saturated carbocycles. The van der Waals surface area contributed by atoms with E-state index in [-0.39, 0.29) is 5.54 Å². The maximum absolute atomic E-state index is 4.62. The Kier molecular flexibility index (Phi) is 4.51. The Morgan fingerprint density at radius 3 is 2.29 bits per heavy atom. The Morgan fingerprint density at radius 1 is 1.05 bits per heavy atom. The molecule has 21 heavy (non-hydrogen) atoms. The first-order valence-electron chi connectivity index (χ1n) is 7.78. The SMILES string of the molecule is CC1=C(C)C(C)=C(c2ccccc2CC=NC(C)(C)C)C1. The molecule has 1 heteroatoms. The Labute approximate surface area is 129 Å². The van der Waals surface area contributed by atoms with Crippen LogP contribution in [0.3, 0.4) is 0 Å². The highest BCUT2D eigenvalue weighted by Crippen LogP contribution is 2.38. The van der Waals surface area contributed by atoms with E-state index in [4.69, 9.17) is 0 Å². The van der Waals surface area contributed by atoms with Crippen molar-refractivity contribution in [3.8, 4) is 0 Å². The summed E-state index contributed by atoms with van der Waals surface area (Å²) < 4.78 is 0. The minimum atomic E-state index is 0.00617. The molecule has 0 amide bonds. The van der Waals surface area contributed by atoms with Crippen molar-refractivity contribution < 1.29 is 0 Å². The Balaban J connectivity index is 2.30. The largest absolute Gasteiger partial charge is 0.291 e. The minimum absolute atomic E-state index is 0.00617. The zero-order valence-electron chi connectivity index (χ0n) is 14.2.